The third-order valence-electron chi connectivity index (χ3n) is 2.31. The molecule has 2 aromatic rings. The molecular weight excluding hydrogens is 218 g/mol. The summed E-state index contributed by atoms with van der Waals surface area (Å²) in [5.41, 5.74) is 8.23. The number of nitrogens with one attached hydrogen (secondary N) is 1. The van der Waals surface area contributed by atoms with Crippen molar-refractivity contribution in [3.05, 3.63) is 36.0 Å². The number of aromatic amines is 1. The fourth-order valence-electron chi connectivity index (χ4n) is 1.51. The molecule has 3 N–H and O–H groups in total. The standard InChI is InChI=1S/C12H13N3O2/c1-2-17-12(16)11-7-10(14-15-11)8-5-3-4-6-9(8)13/h3-7H,2,13H2,1H3,(H,14,15). The molecule has 0 fully saturated rings. The number of nitrogens with two attached hydrogens (primary N) is 1. The third-order valence-corrected chi connectivity index (χ3v) is 2.31. The van der Waals surface area contributed by atoms with Gasteiger partial charge in [0, 0.05) is 11.3 Å². The second kappa shape index (κ2) is 4.69. The van der Waals surface area contributed by atoms with Crippen LogP contribution in [-0.2, 0) is 4.74 Å². The Kier molecular flexibility index (Phi) is 3.09. The summed E-state index contributed by atoms with van der Waals surface area (Å²) in [7, 11) is 0. The largest absolute Gasteiger partial charge is 0.461 e. The highest BCUT2D eigenvalue weighted by molar-refractivity contribution is 5.89. The molecule has 0 aliphatic carbocycles. The van der Waals surface area contributed by atoms with Gasteiger partial charge in [-0.3, -0.25) is 5.10 Å². The van der Waals surface area contributed by atoms with Gasteiger partial charge in [0.15, 0.2) is 5.69 Å². The molecule has 0 bridgehead atoms. The topological polar surface area (TPSA) is 81.0 Å². The van der Waals surface area contributed by atoms with Crippen molar-refractivity contribution in [2.24, 2.45) is 0 Å². The van der Waals surface area contributed by atoms with Crippen molar-refractivity contribution in [1.82, 2.24) is 10.2 Å². The summed E-state index contributed by atoms with van der Waals surface area (Å²) in [6, 6.07) is 9.00. The van der Waals surface area contributed by atoms with Crippen LogP contribution in [0.2, 0.25) is 0 Å². The van der Waals surface area contributed by atoms with Crippen LogP contribution < -0.4 is 5.73 Å². The maximum Gasteiger partial charge on any atom is 0.358 e. The van der Waals surface area contributed by atoms with E-state index >= 15 is 0 Å². The van der Waals surface area contributed by atoms with E-state index in [0.29, 0.717) is 18.0 Å². The fraction of sp³-hybridized carbons (Fsp3) is 0.167. The number of anilines is 1. The number of carbonyl (C=O) groups excluding carboxylic acids is 1. The molecule has 2 rings (SSSR count). The van der Waals surface area contributed by atoms with Gasteiger partial charge in [-0.2, -0.15) is 5.10 Å². The van der Waals surface area contributed by atoms with Crippen molar-refractivity contribution in [2.75, 3.05) is 12.3 Å². The van der Waals surface area contributed by atoms with E-state index in [1.54, 1.807) is 19.1 Å². The number of H-pyrrole nitrogens is 1. The average molecular weight is 231 g/mol. The van der Waals surface area contributed by atoms with Crippen LogP contribution in [0.4, 0.5) is 5.69 Å². The van der Waals surface area contributed by atoms with Crippen molar-refractivity contribution >= 4 is 11.7 Å². The molecule has 1 heterocycles. The summed E-state index contributed by atoms with van der Waals surface area (Å²) in [5.74, 6) is -0.440. The first-order valence-corrected chi connectivity index (χ1v) is 5.29. The Morgan fingerprint density at radius 3 is 2.94 bits per heavy atom. The quantitative estimate of drug-likeness (QED) is 0.623. The number of hydrogen-bond donors (Lipinski definition) is 2. The molecule has 1 aromatic carbocycles. The Morgan fingerprint density at radius 1 is 1.47 bits per heavy atom. The van der Waals surface area contributed by atoms with Crippen molar-refractivity contribution in [2.45, 2.75) is 6.92 Å². The smallest absolute Gasteiger partial charge is 0.358 e. The van der Waals surface area contributed by atoms with E-state index in [0.717, 1.165) is 5.56 Å². The van der Waals surface area contributed by atoms with Crippen LogP contribution in [0.5, 0.6) is 0 Å². The minimum absolute atomic E-state index is 0.255. The molecule has 88 valence electrons. The monoisotopic (exact) mass is 231 g/mol. The number of ether oxygens (including phenoxy) is 1. The zero-order chi connectivity index (χ0) is 12.3. The first-order chi connectivity index (χ1) is 8.22. The maximum absolute atomic E-state index is 11.4. The molecule has 5 heteroatoms. The number of hydrogen-bond acceptors (Lipinski definition) is 4. The molecule has 0 saturated heterocycles. The number of rotatable bonds is 3. The molecule has 0 saturated carbocycles. The lowest BCUT2D eigenvalue weighted by molar-refractivity contribution is 0.0519. The molecule has 0 amide bonds. The lowest BCUT2D eigenvalue weighted by Crippen LogP contribution is -2.04. The van der Waals surface area contributed by atoms with Crippen LogP contribution in [0.15, 0.2) is 30.3 Å². The van der Waals surface area contributed by atoms with Gasteiger partial charge < -0.3 is 10.5 Å². The number of benzene rings is 1. The van der Waals surface area contributed by atoms with Crippen molar-refractivity contribution in [1.29, 1.82) is 0 Å². The number of carbonyl (C=O) groups is 1. The highest BCUT2D eigenvalue weighted by Crippen LogP contribution is 2.23. The van der Waals surface area contributed by atoms with E-state index in [2.05, 4.69) is 10.2 Å². The molecule has 5 nitrogen and oxygen atoms in total. The van der Waals surface area contributed by atoms with E-state index in [9.17, 15) is 4.79 Å². The summed E-state index contributed by atoms with van der Waals surface area (Å²) in [6.07, 6.45) is 0. The van der Waals surface area contributed by atoms with Gasteiger partial charge in [0.05, 0.1) is 12.3 Å². The minimum atomic E-state index is -0.440. The average Bonchev–Trinajstić information content (AvgIpc) is 2.79. The van der Waals surface area contributed by atoms with E-state index in [-0.39, 0.29) is 5.69 Å². The zero-order valence-electron chi connectivity index (χ0n) is 9.43. The summed E-state index contributed by atoms with van der Waals surface area (Å²) in [6.45, 7) is 2.08. The van der Waals surface area contributed by atoms with Crippen molar-refractivity contribution in [3.63, 3.8) is 0 Å². The second-order valence-corrected chi connectivity index (χ2v) is 3.47. The fourth-order valence-corrected chi connectivity index (χ4v) is 1.51. The Hall–Kier alpha value is -2.30. The Labute approximate surface area is 98.6 Å². The number of nitrogen functional groups attached to an aromatic ring is 1. The summed E-state index contributed by atoms with van der Waals surface area (Å²) in [4.78, 5) is 11.4. The number of para-hydroxylation sites is 1. The number of nitrogens with zero attached hydrogens (tertiary/aromatic N) is 1. The SMILES string of the molecule is CCOC(=O)c1cc(-c2ccccc2N)[nH]n1. The normalized spacial score (nSPS) is 10.2. The molecule has 0 spiro atoms. The zero-order valence-corrected chi connectivity index (χ0v) is 9.43. The molecule has 0 aliphatic rings. The predicted octanol–water partition coefficient (Wildman–Crippen LogP) is 1.84. The third kappa shape index (κ3) is 2.28. The maximum atomic E-state index is 11.4. The lowest BCUT2D eigenvalue weighted by Gasteiger charge is -2.00. The van der Waals surface area contributed by atoms with Gasteiger partial charge in [-0.15, -0.1) is 0 Å². The number of aromatic nitrogens is 2. The first-order valence-electron chi connectivity index (χ1n) is 5.29. The van der Waals surface area contributed by atoms with Gasteiger partial charge in [-0.05, 0) is 19.1 Å². The van der Waals surface area contributed by atoms with Crippen LogP contribution in [-0.4, -0.2) is 22.8 Å². The second-order valence-electron chi connectivity index (χ2n) is 3.47. The highest BCUT2D eigenvalue weighted by atomic mass is 16.5. The molecule has 1 aromatic heterocycles. The summed E-state index contributed by atoms with van der Waals surface area (Å²) < 4.78 is 4.85. The van der Waals surface area contributed by atoms with Crippen molar-refractivity contribution in [3.8, 4) is 11.3 Å². The Morgan fingerprint density at radius 2 is 2.24 bits per heavy atom. The van der Waals surface area contributed by atoms with Gasteiger partial charge >= 0.3 is 5.97 Å². The molecule has 0 atom stereocenters. The molecule has 0 aliphatic heterocycles. The highest BCUT2D eigenvalue weighted by Gasteiger charge is 2.12. The van der Waals surface area contributed by atoms with Crippen LogP contribution in [0.3, 0.4) is 0 Å². The molecular formula is C12H13N3O2. The predicted molar refractivity (Wildman–Crippen MR) is 64.4 cm³/mol. The molecule has 17 heavy (non-hydrogen) atoms. The molecule has 0 unspecified atom stereocenters. The minimum Gasteiger partial charge on any atom is -0.461 e. The van der Waals surface area contributed by atoms with E-state index < -0.39 is 5.97 Å². The van der Waals surface area contributed by atoms with E-state index in [1.807, 2.05) is 18.2 Å². The van der Waals surface area contributed by atoms with Crippen LogP contribution in [0, 0.1) is 0 Å². The van der Waals surface area contributed by atoms with Crippen molar-refractivity contribution < 1.29 is 9.53 Å². The van der Waals surface area contributed by atoms with E-state index in [4.69, 9.17) is 10.5 Å². The van der Waals surface area contributed by atoms with Crippen LogP contribution in [0.25, 0.3) is 11.3 Å². The lowest BCUT2D eigenvalue weighted by atomic mass is 10.1. The van der Waals surface area contributed by atoms with Gasteiger partial charge in [0.1, 0.15) is 0 Å². The van der Waals surface area contributed by atoms with Crippen LogP contribution in [0.1, 0.15) is 17.4 Å². The Balaban J connectivity index is 2.30. The molecule has 0 radical (unpaired) electrons. The Bertz CT molecular complexity index is 534. The van der Waals surface area contributed by atoms with Gasteiger partial charge in [0.2, 0.25) is 0 Å². The van der Waals surface area contributed by atoms with Crippen LogP contribution >= 0.6 is 0 Å². The summed E-state index contributed by atoms with van der Waals surface area (Å²) >= 11 is 0. The first kappa shape index (κ1) is 11.2. The van der Waals surface area contributed by atoms with Gasteiger partial charge in [-0.25, -0.2) is 4.79 Å². The number of esters is 1. The van der Waals surface area contributed by atoms with E-state index in [1.165, 1.54) is 0 Å². The van der Waals surface area contributed by atoms with Gasteiger partial charge in [-0.1, -0.05) is 18.2 Å². The summed E-state index contributed by atoms with van der Waals surface area (Å²) in [5, 5.41) is 6.67. The van der Waals surface area contributed by atoms with Gasteiger partial charge in [0.25, 0.3) is 0 Å².